The largest absolute Gasteiger partial charge is 0.481 e. The Morgan fingerprint density at radius 2 is 1.64 bits per heavy atom. The number of rotatable bonds is 11. The Kier molecular flexibility index (Phi) is 8.08. The Hall–Kier alpha value is -1.63. The SMILES string of the molecule is CCCC(C)(CC)OC(=O)CC(CC(=O)O)(OCC)C(=O)O. The van der Waals surface area contributed by atoms with Gasteiger partial charge in [-0.1, -0.05) is 20.3 Å². The number of hydrogen-bond acceptors (Lipinski definition) is 5. The highest BCUT2D eigenvalue weighted by Crippen LogP contribution is 2.27. The van der Waals surface area contributed by atoms with Crippen molar-refractivity contribution in [3.8, 4) is 0 Å². The third-order valence-corrected chi connectivity index (χ3v) is 3.56. The molecule has 0 aromatic rings. The molecule has 0 amide bonds. The lowest BCUT2D eigenvalue weighted by Gasteiger charge is -2.31. The lowest BCUT2D eigenvalue weighted by molar-refractivity contribution is -0.184. The van der Waals surface area contributed by atoms with Crippen LogP contribution < -0.4 is 0 Å². The van der Waals surface area contributed by atoms with E-state index in [1.165, 1.54) is 6.92 Å². The quantitative estimate of drug-likeness (QED) is 0.562. The molecule has 0 aromatic heterocycles. The van der Waals surface area contributed by atoms with Crippen molar-refractivity contribution in [2.75, 3.05) is 6.61 Å². The fourth-order valence-electron chi connectivity index (χ4n) is 2.27. The Labute approximate surface area is 130 Å². The summed E-state index contributed by atoms with van der Waals surface area (Å²) in [6.45, 7) is 7.11. The van der Waals surface area contributed by atoms with Crippen molar-refractivity contribution in [2.24, 2.45) is 0 Å². The number of ether oxygens (including phenoxy) is 2. The van der Waals surface area contributed by atoms with Crippen molar-refractivity contribution in [3.63, 3.8) is 0 Å². The van der Waals surface area contributed by atoms with Crippen LogP contribution in [-0.4, -0.2) is 45.9 Å². The summed E-state index contributed by atoms with van der Waals surface area (Å²) in [6.07, 6.45) is 0.592. The van der Waals surface area contributed by atoms with Crippen LogP contribution in [0, 0.1) is 0 Å². The molecular formula is C15H26O7. The minimum absolute atomic E-state index is 0.0210. The highest BCUT2D eigenvalue weighted by molar-refractivity contribution is 5.89. The van der Waals surface area contributed by atoms with Gasteiger partial charge in [-0.25, -0.2) is 4.79 Å². The number of carbonyl (C=O) groups excluding carboxylic acids is 1. The molecule has 2 unspecified atom stereocenters. The van der Waals surface area contributed by atoms with Crippen LogP contribution in [0.5, 0.6) is 0 Å². The molecule has 22 heavy (non-hydrogen) atoms. The smallest absolute Gasteiger partial charge is 0.337 e. The molecule has 7 heteroatoms. The van der Waals surface area contributed by atoms with E-state index in [0.29, 0.717) is 12.8 Å². The summed E-state index contributed by atoms with van der Waals surface area (Å²) >= 11 is 0. The zero-order valence-electron chi connectivity index (χ0n) is 13.7. The maximum absolute atomic E-state index is 12.1. The molecule has 0 aromatic carbocycles. The second kappa shape index (κ2) is 8.73. The number of carboxylic acids is 2. The van der Waals surface area contributed by atoms with Gasteiger partial charge in [0.2, 0.25) is 0 Å². The van der Waals surface area contributed by atoms with E-state index in [2.05, 4.69) is 0 Å². The molecule has 0 saturated carbocycles. The third kappa shape index (κ3) is 6.01. The number of carbonyl (C=O) groups is 3. The standard InChI is InChI=1S/C15H26O7/c1-5-8-14(4,6-2)22-12(18)10-15(13(19)20,21-7-3)9-11(16)17/h5-10H2,1-4H3,(H,16,17)(H,19,20). The van der Waals surface area contributed by atoms with E-state index >= 15 is 0 Å². The average Bonchev–Trinajstić information content (AvgIpc) is 2.37. The maximum Gasteiger partial charge on any atom is 0.337 e. The average molecular weight is 318 g/mol. The second-order valence-electron chi connectivity index (χ2n) is 5.51. The van der Waals surface area contributed by atoms with Crippen LogP contribution in [0.3, 0.4) is 0 Å². The van der Waals surface area contributed by atoms with E-state index < -0.39 is 42.0 Å². The van der Waals surface area contributed by atoms with Crippen molar-refractivity contribution < 1.29 is 34.1 Å². The summed E-state index contributed by atoms with van der Waals surface area (Å²) in [5.74, 6) is -3.60. The van der Waals surface area contributed by atoms with Gasteiger partial charge in [-0.3, -0.25) is 9.59 Å². The Morgan fingerprint density at radius 1 is 1.05 bits per heavy atom. The molecule has 2 atom stereocenters. The molecule has 2 N–H and O–H groups in total. The number of esters is 1. The highest BCUT2D eigenvalue weighted by Gasteiger charge is 2.45. The van der Waals surface area contributed by atoms with Gasteiger partial charge in [0.25, 0.3) is 0 Å². The van der Waals surface area contributed by atoms with Gasteiger partial charge in [-0.2, -0.15) is 0 Å². The summed E-state index contributed by atoms with van der Waals surface area (Å²) in [6, 6.07) is 0. The number of carboxylic acid groups (broad SMARTS) is 2. The molecule has 0 aliphatic heterocycles. The summed E-state index contributed by atoms with van der Waals surface area (Å²) in [5.41, 5.74) is -2.79. The molecule has 0 saturated heterocycles. The summed E-state index contributed by atoms with van der Waals surface area (Å²) in [7, 11) is 0. The molecule has 0 aliphatic rings. The minimum Gasteiger partial charge on any atom is -0.481 e. The molecule has 0 spiro atoms. The molecule has 0 rings (SSSR count). The predicted octanol–water partition coefficient (Wildman–Crippen LogP) is 2.22. The Balaban J connectivity index is 5.17. The molecule has 0 fully saturated rings. The first-order chi connectivity index (χ1) is 10.1. The van der Waals surface area contributed by atoms with Gasteiger partial charge >= 0.3 is 17.9 Å². The molecule has 0 aliphatic carbocycles. The number of aliphatic carboxylic acids is 2. The Morgan fingerprint density at radius 3 is 2.00 bits per heavy atom. The van der Waals surface area contributed by atoms with Crippen molar-refractivity contribution in [1.29, 1.82) is 0 Å². The van der Waals surface area contributed by atoms with Gasteiger partial charge < -0.3 is 19.7 Å². The van der Waals surface area contributed by atoms with Crippen molar-refractivity contribution in [1.82, 2.24) is 0 Å². The lowest BCUT2D eigenvalue weighted by Crippen LogP contribution is -2.47. The van der Waals surface area contributed by atoms with Gasteiger partial charge in [0.15, 0.2) is 5.60 Å². The van der Waals surface area contributed by atoms with Gasteiger partial charge in [0.05, 0.1) is 12.8 Å². The van der Waals surface area contributed by atoms with Gasteiger partial charge in [-0.15, -0.1) is 0 Å². The summed E-state index contributed by atoms with van der Waals surface area (Å²) in [4.78, 5) is 34.5. The van der Waals surface area contributed by atoms with Crippen molar-refractivity contribution in [3.05, 3.63) is 0 Å². The number of hydrogen-bond donors (Lipinski definition) is 2. The maximum atomic E-state index is 12.1. The first kappa shape index (κ1) is 20.4. The first-order valence-corrected chi connectivity index (χ1v) is 7.45. The Bertz CT molecular complexity index is 407. The van der Waals surface area contributed by atoms with Gasteiger partial charge in [-0.05, 0) is 26.7 Å². The summed E-state index contributed by atoms with van der Waals surface area (Å²) < 4.78 is 10.5. The molecular weight excluding hydrogens is 292 g/mol. The topological polar surface area (TPSA) is 110 Å². The molecule has 128 valence electrons. The van der Waals surface area contributed by atoms with Crippen molar-refractivity contribution >= 4 is 17.9 Å². The molecule has 0 radical (unpaired) electrons. The van der Waals surface area contributed by atoms with Crippen LogP contribution in [0.1, 0.15) is 59.8 Å². The molecule has 7 nitrogen and oxygen atoms in total. The van der Waals surface area contributed by atoms with Crippen LogP contribution in [0.4, 0.5) is 0 Å². The van der Waals surface area contributed by atoms with Gasteiger partial charge in [0, 0.05) is 6.61 Å². The normalized spacial score (nSPS) is 16.4. The van der Waals surface area contributed by atoms with Crippen LogP contribution in [-0.2, 0) is 23.9 Å². The molecule has 0 heterocycles. The lowest BCUT2D eigenvalue weighted by atomic mass is 9.94. The van der Waals surface area contributed by atoms with Crippen LogP contribution in [0.25, 0.3) is 0 Å². The van der Waals surface area contributed by atoms with E-state index in [1.54, 1.807) is 6.92 Å². The predicted molar refractivity (Wildman–Crippen MR) is 78.6 cm³/mol. The monoisotopic (exact) mass is 318 g/mol. The van der Waals surface area contributed by atoms with E-state index in [9.17, 15) is 19.5 Å². The fourth-order valence-corrected chi connectivity index (χ4v) is 2.27. The fraction of sp³-hybridized carbons (Fsp3) is 0.800. The first-order valence-electron chi connectivity index (χ1n) is 7.45. The zero-order chi connectivity index (χ0) is 17.4. The van der Waals surface area contributed by atoms with Crippen molar-refractivity contribution in [2.45, 2.75) is 71.0 Å². The summed E-state index contributed by atoms with van der Waals surface area (Å²) in [5, 5.41) is 18.2. The second-order valence-corrected chi connectivity index (χ2v) is 5.51. The van der Waals surface area contributed by atoms with E-state index in [-0.39, 0.29) is 6.61 Å². The van der Waals surface area contributed by atoms with E-state index in [1.807, 2.05) is 13.8 Å². The van der Waals surface area contributed by atoms with E-state index in [4.69, 9.17) is 14.6 Å². The van der Waals surface area contributed by atoms with Gasteiger partial charge in [0.1, 0.15) is 5.60 Å². The third-order valence-electron chi connectivity index (χ3n) is 3.56. The zero-order valence-corrected chi connectivity index (χ0v) is 13.7. The highest BCUT2D eigenvalue weighted by atomic mass is 16.6. The van der Waals surface area contributed by atoms with Crippen LogP contribution in [0.15, 0.2) is 0 Å². The minimum atomic E-state index is -2.10. The van der Waals surface area contributed by atoms with Crippen LogP contribution in [0.2, 0.25) is 0 Å². The van der Waals surface area contributed by atoms with E-state index in [0.717, 1.165) is 6.42 Å². The van der Waals surface area contributed by atoms with Crippen LogP contribution >= 0.6 is 0 Å². The molecule has 0 bridgehead atoms.